The minimum atomic E-state index is -0.742. The molecule has 0 aliphatic carbocycles. The first-order valence-corrected chi connectivity index (χ1v) is 17.1. The molecule has 0 aliphatic rings. The number of thioether (sulfide) groups is 1. The third kappa shape index (κ3) is 9.63. The fourth-order valence-electron chi connectivity index (χ4n) is 5.25. The summed E-state index contributed by atoms with van der Waals surface area (Å²) in [5, 5.41) is 7.75. The lowest BCUT2D eigenvalue weighted by molar-refractivity contribution is -0.116. The number of carbonyl (C=O) groups is 4. The molecule has 0 saturated carbocycles. The van der Waals surface area contributed by atoms with Gasteiger partial charge in [0.25, 0.3) is 11.8 Å². The van der Waals surface area contributed by atoms with Gasteiger partial charge in [0.1, 0.15) is 10.9 Å². The first kappa shape index (κ1) is 37.7. The van der Waals surface area contributed by atoms with Crippen molar-refractivity contribution in [3.8, 4) is 17.2 Å². The molecule has 0 bridgehead atoms. The molecule has 1 atom stereocenters. The summed E-state index contributed by atoms with van der Waals surface area (Å²) in [5.74, 6) is -0.948. The topological polar surface area (TPSA) is 141 Å². The second-order valence-corrected chi connectivity index (χ2v) is 12.4. The van der Waals surface area contributed by atoms with Crippen molar-refractivity contribution in [1.29, 1.82) is 0 Å². The summed E-state index contributed by atoms with van der Waals surface area (Å²) in [7, 11) is 5.72. The SMILES string of the molecule is COC(=O)c1ccccc1NC(=O)C(Sc1cccc(NC(=O)/C(=C\c2cc(OC)c(OC)c(OC)c2)NC(=O)c2ccccc2)c1)c1ccccc1. The van der Waals surface area contributed by atoms with Gasteiger partial charge in [-0.3, -0.25) is 14.4 Å². The second kappa shape index (κ2) is 18.1. The van der Waals surface area contributed by atoms with Gasteiger partial charge < -0.3 is 34.9 Å². The Morgan fingerprint density at radius 3 is 1.96 bits per heavy atom. The van der Waals surface area contributed by atoms with Gasteiger partial charge in [-0.1, -0.05) is 66.7 Å². The number of ether oxygens (including phenoxy) is 4. The van der Waals surface area contributed by atoms with E-state index in [0.717, 1.165) is 5.56 Å². The molecule has 12 heteroatoms. The highest BCUT2D eigenvalue weighted by Crippen LogP contribution is 2.39. The Labute approximate surface area is 311 Å². The van der Waals surface area contributed by atoms with E-state index in [1.165, 1.54) is 46.3 Å². The number of esters is 1. The first-order valence-electron chi connectivity index (χ1n) is 16.2. The van der Waals surface area contributed by atoms with Gasteiger partial charge in [-0.25, -0.2) is 4.79 Å². The van der Waals surface area contributed by atoms with Gasteiger partial charge >= 0.3 is 5.97 Å². The van der Waals surface area contributed by atoms with Crippen molar-refractivity contribution in [2.75, 3.05) is 39.1 Å². The fourth-order valence-corrected chi connectivity index (χ4v) is 6.34. The van der Waals surface area contributed by atoms with Crippen LogP contribution in [0.25, 0.3) is 6.08 Å². The molecule has 0 radical (unpaired) electrons. The highest BCUT2D eigenvalue weighted by Gasteiger charge is 2.25. The molecule has 1 unspecified atom stereocenters. The van der Waals surface area contributed by atoms with E-state index in [2.05, 4.69) is 16.0 Å². The largest absolute Gasteiger partial charge is 0.493 e. The number of rotatable bonds is 14. The highest BCUT2D eigenvalue weighted by molar-refractivity contribution is 8.00. The molecule has 270 valence electrons. The number of benzene rings is 5. The van der Waals surface area contributed by atoms with Crippen LogP contribution >= 0.6 is 11.8 Å². The average Bonchev–Trinajstić information content (AvgIpc) is 3.19. The summed E-state index contributed by atoms with van der Waals surface area (Å²) in [6.07, 6.45) is 1.50. The Morgan fingerprint density at radius 1 is 0.679 bits per heavy atom. The molecule has 3 amide bonds. The van der Waals surface area contributed by atoms with Gasteiger partial charge in [0.2, 0.25) is 11.7 Å². The molecule has 5 aromatic carbocycles. The average molecular weight is 732 g/mol. The maximum Gasteiger partial charge on any atom is 0.339 e. The summed E-state index contributed by atoms with van der Waals surface area (Å²) in [4.78, 5) is 54.0. The Kier molecular flexibility index (Phi) is 12.9. The monoisotopic (exact) mass is 731 g/mol. The fraction of sp³-hybridized carbons (Fsp3) is 0.122. The molecule has 0 aromatic heterocycles. The molecule has 0 fully saturated rings. The Hall–Kier alpha value is -6.53. The predicted molar refractivity (Wildman–Crippen MR) is 205 cm³/mol. The third-order valence-corrected chi connectivity index (χ3v) is 9.05. The molecule has 5 rings (SSSR count). The Balaban J connectivity index is 1.44. The number of para-hydroxylation sites is 1. The number of hydrogen-bond acceptors (Lipinski definition) is 9. The van der Waals surface area contributed by atoms with Gasteiger partial charge in [0.15, 0.2) is 11.5 Å². The zero-order valence-electron chi connectivity index (χ0n) is 29.4. The lowest BCUT2D eigenvalue weighted by Crippen LogP contribution is -2.30. The van der Waals surface area contributed by atoms with Gasteiger partial charge in [-0.2, -0.15) is 0 Å². The molecule has 0 spiro atoms. The van der Waals surface area contributed by atoms with Crippen LogP contribution in [0.1, 0.15) is 37.1 Å². The van der Waals surface area contributed by atoms with Crippen molar-refractivity contribution < 1.29 is 38.1 Å². The van der Waals surface area contributed by atoms with E-state index in [1.54, 1.807) is 84.9 Å². The van der Waals surface area contributed by atoms with Crippen LogP contribution in [0.15, 0.2) is 132 Å². The van der Waals surface area contributed by atoms with E-state index in [9.17, 15) is 19.2 Å². The summed E-state index contributed by atoms with van der Waals surface area (Å²) in [6.45, 7) is 0. The van der Waals surface area contributed by atoms with Gasteiger partial charge in [0, 0.05) is 16.1 Å². The first-order chi connectivity index (χ1) is 25.7. The van der Waals surface area contributed by atoms with Gasteiger partial charge in [-0.15, -0.1) is 11.8 Å². The molecular weight excluding hydrogens is 695 g/mol. The van der Waals surface area contributed by atoms with E-state index in [1.807, 2.05) is 36.4 Å². The van der Waals surface area contributed by atoms with E-state index < -0.39 is 23.0 Å². The number of anilines is 2. The number of nitrogens with one attached hydrogen (secondary N) is 3. The standard InChI is InChI=1S/C41H37N3O8S/c1-49-34-23-26(24-35(50-2)36(34)51-3)22-33(44-38(45)28-16-9-6-10-17-28)39(46)42-29-18-13-19-30(25-29)53-37(27-14-7-5-8-15-27)40(47)43-32-21-12-11-20-31(32)41(48)52-4/h5-25,37H,1-4H3,(H,42,46)(H,43,47)(H,44,45)/b33-22+. The number of hydrogen-bond donors (Lipinski definition) is 3. The molecule has 0 saturated heterocycles. The van der Waals surface area contributed by atoms with Gasteiger partial charge in [-0.05, 0) is 71.8 Å². The number of amides is 3. The van der Waals surface area contributed by atoms with Crippen molar-refractivity contribution in [3.63, 3.8) is 0 Å². The van der Waals surface area contributed by atoms with Crippen LogP contribution in [-0.2, 0) is 14.3 Å². The van der Waals surface area contributed by atoms with Crippen molar-refractivity contribution in [1.82, 2.24) is 5.32 Å². The Morgan fingerprint density at radius 2 is 1.32 bits per heavy atom. The summed E-state index contributed by atoms with van der Waals surface area (Å²) >= 11 is 1.26. The Bertz CT molecular complexity index is 2100. The minimum Gasteiger partial charge on any atom is -0.493 e. The van der Waals surface area contributed by atoms with Crippen molar-refractivity contribution >= 4 is 52.9 Å². The van der Waals surface area contributed by atoms with Crippen molar-refractivity contribution in [2.45, 2.75) is 10.1 Å². The maximum atomic E-state index is 13.9. The minimum absolute atomic E-state index is 0.0583. The molecule has 3 N–H and O–H groups in total. The number of methoxy groups -OCH3 is 4. The van der Waals surface area contributed by atoms with Crippen LogP contribution in [0.4, 0.5) is 11.4 Å². The smallest absolute Gasteiger partial charge is 0.339 e. The van der Waals surface area contributed by atoms with Crippen LogP contribution in [0.5, 0.6) is 17.2 Å². The van der Waals surface area contributed by atoms with Crippen molar-refractivity contribution in [3.05, 3.63) is 149 Å². The summed E-state index contributed by atoms with van der Waals surface area (Å²) in [5.41, 5.74) is 2.46. The molecule has 0 heterocycles. The van der Waals surface area contributed by atoms with E-state index in [-0.39, 0.29) is 17.2 Å². The van der Waals surface area contributed by atoms with Crippen LogP contribution < -0.4 is 30.2 Å². The maximum absolute atomic E-state index is 13.9. The molecule has 53 heavy (non-hydrogen) atoms. The lowest BCUT2D eigenvalue weighted by atomic mass is 10.1. The lowest BCUT2D eigenvalue weighted by Gasteiger charge is -2.19. The van der Waals surface area contributed by atoms with E-state index in [4.69, 9.17) is 18.9 Å². The quantitative estimate of drug-likeness (QED) is 0.0606. The zero-order valence-corrected chi connectivity index (χ0v) is 30.2. The molecular formula is C41H37N3O8S. The van der Waals surface area contributed by atoms with Crippen LogP contribution in [0, 0.1) is 0 Å². The van der Waals surface area contributed by atoms with E-state index >= 15 is 0 Å². The van der Waals surface area contributed by atoms with E-state index in [0.29, 0.717) is 44.6 Å². The third-order valence-electron chi connectivity index (χ3n) is 7.80. The van der Waals surface area contributed by atoms with Crippen LogP contribution in [0.3, 0.4) is 0 Å². The number of carbonyl (C=O) groups excluding carboxylic acids is 4. The van der Waals surface area contributed by atoms with Gasteiger partial charge in [0.05, 0.1) is 39.7 Å². The molecule has 0 aliphatic heterocycles. The molecule has 5 aromatic rings. The van der Waals surface area contributed by atoms with Crippen molar-refractivity contribution in [2.24, 2.45) is 0 Å². The predicted octanol–water partition coefficient (Wildman–Crippen LogP) is 7.38. The normalized spacial score (nSPS) is 11.4. The highest BCUT2D eigenvalue weighted by atomic mass is 32.2. The zero-order chi connectivity index (χ0) is 37.7. The van der Waals surface area contributed by atoms with Crippen LogP contribution in [-0.4, -0.2) is 52.1 Å². The summed E-state index contributed by atoms with van der Waals surface area (Å²) < 4.78 is 21.3. The second-order valence-electron chi connectivity index (χ2n) is 11.3. The van der Waals surface area contributed by atoms with Crippen LogP contribution in [0.2, 0.25) is 0 Å². The molecule has 11 nitrogen and oxygen atoms in total. The summed E-state index contributed by atoms with van der Waals surface area (Å²) in [6, 6.07) is 34.6.